The van der Waals surface area contributed by atoms with Crippen LogP contribution in [0, 0.1) is 5.41 Å². The molecule has 1 aromatic rings. The summed E-state index contributed by atoms with van der Waals surface area (Å²) >= 11 is 6.03. The third-order valence-corrected chi connectivity index (χ3v) is 4.38. The molecule has 1 aromatic carbocycles. The van der Waals surface area contributed by atoms with Gasteiger partial charge in [-0.15, -0.1) is 0 Å². The summed E-state index contributed by atoms with van der Waals surface area (Å²) < 4.78 is 0. The number of hydrogen-bond donors (Lipinski definition) is 2. The zero-order chi connectivity index (χ0) is 14.9. The zero-order valence-electron chi connectivity index (χ0n) is 11.2. The maximum Gasteiger partial charge on any atom is 0.311 e. The van der Waals surface area contributed by atoms with Gasteiger partial charge in [-0.2, -0.15) is 0 Å². The van der Waals surface area contributed by atoms with Crippen molar-refractivity contribution in [1.29, 1.82) is 0 Å². The monoisotopic (exact) mass is 296 g/mol. The molecule has 6 heteroatoms. The average molecular weight is 297 g/mol. The van der Waals surface area contributed by atoms with Crippen molar-refractivity contribution >= 4 is 29.2 Å². The summed E-state index contributed by atoms with van der Waals surface area (Å²) in [6.07, 6.45) is 1.09. The lowest BCUT2D eigenvalue weighted by molar-refractivity contribution is -0.147. The number of primary amides is 1. The first-order chi connectivity index (χ1) is 9.41. The van der Waals surface area contributed by atoms with Crippen LogP contribution in [0.1, 0.15) is 30.1 Å². The van der Waals surface area contributed by atoms with Crippen molar-refractivity contribution < 1.29 is 14.7 Å². The first kappa shape index (κ1) is 14.7. The molecule has 1 aliphatic heterocycles. The number of anilines is 1. The minimum atomic E-state index is -0.801. The molecular weight excluding hydrogens is 280 g/mol. The van der Waals surface area contributed by atoms with Gasteiger partial charge in [-0.25, -0.2) is 0 Å². The fourth-order valence-electron chi connectivity index (χ4n) is 2.71. The Morgan fingerprint density at radius 2 is 2.20 bits per heavy atom. The maximum atomic E-state index is 11.6. The van der Waals surface area contributed by atoms with Gasteiger partial charge in [-0.3, -0.25) is 9.59 Å². The molecule has 0 aromatic heterocycles. The SMILES string of the molecule is CCC1(C(=O)O)CCN(c2cccc(Cl)c2C(N)=O)C1. The second kappa shape index (κ2) is 5.32. The van der Waals surface area contributed by atoms with Gasteiger partial charge in [-0.05, 0) is 25.0 Å². The Morgan fingerprint density at radius 3 is 2.70 bits per heavy atom. The molecule has 20 heavy (non-hydrogen) atoms. The van der Waals surface area contributed by atoms with Crippen LogP contribution >= 0.6 is 11.6 Å². The summed E-state index contributed by atoms with van der Waals surface area (Å²) in [7, 11) is 0. The van der Waals surface area contributed by atoms with Crippen molar-refractivity contribution in [3.05, 3.63) is 28.8 Å². The third kappa shape index (κ3) is 2.33. The smallest absolute Gasteiger partial charge is 0.311 e. The Balaban J connectivity index is 2.38. The summed E-state index contributed by atoms with van der Waals surface area (Å²) in [6, 6.07) is 5.09. The Morgan fingerprint density at radius 1 is 1.50 bits per heavy atom. The highest BCUT2D eigenvalue weighted by molar-refractivity contribution is 6.34. The summed E-state index contributed by atoms with van der Waals surface area (Å²) in [5.74, 6) is -1.40. The normalized spacial score (nSPS) is 22.0. The van der Waals surface area contributed by atoms with Crippen LogP contribution in [-0.2, 0) is 4.79 Å². The van der Waals surface area contributed by atoms with Crippen LogP contribution in [0.15, 0.2) is 18.2 Å². The van der Waals surface area contributed by atoms with E-state index in [1.54, 1.807) is 18.2 Å². The molecule has 0 aliphatic carbocycles. The number of carboxylic acid groups (broad SMARTS) is 1. The lowest BCUT2D eigenvalue weighted by Gasteiger charge is -2.25. The van der Waals surface area contributed by atoms with Crippen LogP contribution in [0.2, 0.25) is 5.02 Å². The zero-order valence-corrected chi connectivity index (χ0v) is 12.0. The predicted molar refractivity (Wildman–Crippen MR) is 77.2 cm³/mol. The van der Waals surface area contributed by atoms with E-state index < -0.39 is 17.3 Å². The molecule has 108 valence electrons. The molecule has 1 atom stereocenters. The topological polar surface area (TPSA) is 83.6 Å². The van der Waals surface area contributed by atoms with E-state index in [2.05, 4.69) is 0 Å². The van der Waals surface area contributed by atoms with Crippen LogP contribution in [-0.4, -0.2) is 30.1 Å². The minimum absolute atomic E-state index is 0.256. The van der Waals surface area contributed by atoms with Crippen molar-refractivity contribution in [3.8, 4) is 0 Å². The first-order valence-corrected chi connectivity index (χ1v) is 6.86. The maximum absolute atomic E-state index is 11.6. The van der Waals surface area contributed by atoms with Gasteiger partial charge in [-0.1, -0.05) is 24.6 Å². The van der Waals surface area contributed by atoms with E-state index in [-0.39, 0.29) is 5.56 Å². The number of hydrogen-bond acceptors (Lipinski definition) is 3. The van der Waals surface area contributed by atoms with Crippen molar-refractivity contribution in [1.82, 2.24) is 0 Å². The quantitative estimate of drug-likeness (QED) is 0.891. The number of benzene rings is 1. The molecule has 0 saturated carbocycles. The van der Waals surface area contributed by atoms with Crippen LogP contribution in [0.3, 0.4) is 0 Å². The van der Waals surface area contributed by atoms with Gasteiger partial charge < -0.3 is 15.7 Å². The van der Waals surface area contributed by atoms with Crippen LogP contribution in [0.25, 0.3) is 0 Å². The number of carboxylic acids is 1. The Kier molecular flexibility index (Phi) is 3.90. The van der Waals surface area contributed by atoms with Gasteiger partial charge in [0.25, 0.3) is 5.91 Å². The molecule has 1 unspecified atom stereocenters. The van der Waals surface area contributed by atoms with E-state index in [0.29, 0.717) is 36.6 Å². The second-order valence-corrected chi connectivity index (χ2v) is 5.52. The van der Waals surface area contributed by atoms with Gasteiger partial charge in [0.2, 0.25) is 0 Å². The summed E-state index contributed by atoms with van der Waals surface area (Å²) in [6.45, 7) is 2.80. The molecule has 0 bridgehead atoms. The predicted octanol–water partition coefficient (Wildman–Crippen LogP) is 2.13. The second-order valence-electron chi connectivity index (χ2n) is 5.11. The van der Waals surface area contributed by atoms with Crippen molar-refractivity contribution in [2.75, 3.05) is 18.0 Å². The van der Waals surface area contributed by atoms with Gasteiger partial charge in [0.15, 0.2) is 0 Å². The molecule has 0 spiro atoms. The van der Waals surface area contributed by atoms with Gasteiger partial charge in [0.05, 0.1) is 21.7 Å². The first-order valence-electron chi connectivity index (χ1n) is 6.48. The van der Waals surface area contributed by atoms with E-state index in [1.807, 2.05) is 11.8 Å². The molecular formula is C14H17ClN2O3. The number of carbonyl (C=O) groups is 2. The Labute approximate surface area is 122 Å². The average Bonchev–Trinajstić information content (AvgIpc) is 2.83. The number of nitrogens with two attached hydrogens (primary N) is 1. The molecule has 2 rings (SSSR count). The van der Waals surface area contributed by atoms with Gasteiger partial charge in [0.1, 0.15) is 0 Å². The van der Waals surface area contributed by atoms with E-state index in [9.17, 15) is 14.7 Å². The highest BCUT2D eigenvalue weighted by Crippen LogP contribution is 2.38. The molecule has 1 saturated heterocycles. The number of carbonyl (C=O) groups excluding carboxylic acids is 1. The third-order valence-electron chi connectivity index (χ3n) is 4.06. The molecule has 1 fully saturated rings. The molecule has 5 nitrogen and oxygen atoms in total. The van der Waals surface area contributed by atoms with Crippen molar-refractivity contribution in [2.24, 2.45) is 11.1 Å². The molecule has 1 heterocycles. The fourth-order valence-corrected chi connectivity index (χ4v) is 2.98. The van der Waals surface area contributed by atoms with Crippen LogP contribution in [0.4, 0.5) is 5.69 Å². The number of nitrogens with zero attached hydrogens (tertiary/aromatic N) is 1. The lowest BCUT2D eigenvalue weighted by Crippen LogP contribution is -2.34. The van der Waals surface area contributed by atoms with Gasteiger partial charge >= 0.3 is 5.97 Å². The summed E-state index contributed by atoms with van der Waals surface area (Å²) in [4.78, 5) is 24.9. The standard InChI is InChI=1S/C14H17ClN2O3/c1-2-14(13(19)20)6-7-17(8-14)10-5-3-4-9(15)11(10)12(16)18/h3-5H,2,6-8H2,1H3,(H2,16,18)(H,19,20). The Bertz CT molecular complexity index is 561. The number of aliphatic carboxylic acids is 1. The molecule has 1 aliphatic rings. The van der Waals surface area contributed by atoms with E-state index in [0.717, 1.165) is 0 Å². The highest BCUT2D eigenvalue weighted by Gasteiger charge is 2.44. The van der Waals surface area contributed by atoms with E-state index in [4.69, 9.17) is 17.3 Å². The number of amides is 1. The van der Waals surface area contributed by atoms with E-state index in [1.165, 1.54) is 0 Å². The number of rotatable bonds is 4. The molecule has 3 N–H and O–H groups in total. The minimum Gasteiger partial charge on any atom is -0.481 e. The van der Waals surface area contributed by atoms with Crippen LogP contribution < -0.4 is 10.6 Å². The summed E-state index contributed by atoms with van der Waals surface area (Å²) in [5.41, 5.74) is 5.48. The highest BCUT2D eigenvalue weighted by atomic mass is 35.5. The largest absolute Gasteiger partial charge is 0.481 e. The number of halogens is 1. The molecule has 0 radical (unpaired) electrons. The summed E-state index contributed by atoms with van der Waals surface area (Å²) in [5, 5.41) is 9.71. The van der Waals surface area contributed by atoms with Crippen LogP contribution in [0.5, 0.6) is 0 Å². The van der Waals surface area contributed by atoms with Gasteiger partial charge in [0, 0.05) is 13.1 Å². The molecule has 1 amide bonds. The van der Waals surface area contributed by atoms with E-state index >= 15 is 0 Å². The Hall–Kier alpha value is -1.75. The lowest BCUT2D eigenvalue weighted by atomic mass is 9.84. The fraction of sp³-hybridized carbons (Fsp3) is 0.429. The van der Waals surface area contributed by atoms with Crippen molar-refractivity contribution in [3.63, 3.8) is 0 Å². The van der Waals surface area contributed by atoms with Crippen molar-refractivity contribution in [2.45, 2.75) is 19.8 Å².